The van der Waals surface area contributed by atoms with Crippen LogP contribution in [0.1, 0.15) is 37.3 Å². The third kappa shape index (κ3) is 5.16. The summed E-state index contributed by atoms with van der Waals surface area (Å²) in [7, 11) is 3.06. The van der Waals surface area contributed by atoms with E-state index in [1.807, 2.05) is 4.68 Å². The van der Waals surface area contributed by atoms with Crippen LogP contribution in [0.5, 0.6) is 11.5 Å². The number of rotatable bonds is 8. The molecule has 0 radical (unpaired) electrons. The Balaban J connectivity index is 1.53. The van der Waals surface area contributed by atoms with E-state index in [9.17, 15) is 9.59 Å². The van der Waals surface area contributed by atoms with Crippen molar-refractivity contribution in [3.05, 3.63) is 42.1 Å². The number of nitrogens with zero attached hydrogens (tertiary/aromatic N) is 2. The van der Waals surface area contributed by atoms with E-state index in [0.29, 0.717) is 28.9 Å². The van der Waals surface area contributed by atoms with Crippen molar-refractivity contribution in [2.75, 3.05) is 26.1 Å². The zero-order valence-electron chi connectivity index (χ0n) is 16.6. The molecule has 8 heteroatoms. The van der Waals surface area contributed by atoms with Gasteiger partial charge in [-0.1, -0.05) is 25.0 Å². The number of aromatic nitrogens is 2. The number of esters is 1. The van der Waals surface area contributed by atoms with E-state index in [0.717, 1.165) is 12.8 Å². The molecule has 2 aromatic rings. The summed E-state index contributed by atoms with van der Waals surface area (Å²) in [5, 5.41) is 7.05. The predicted molar refractivity (Wildman–Crippen MR) is 108 cm³/mol. The van der Waals surface area contributed by atoms with Gasteiger partial charge >= 0.3 is 5.97 Å². The van der Waals surface area contributed by atoms with Crippen molar-refractivity contribution in [2.24, 2.45) is 0 Å². The Morgan fingerprint density at radius 3 is 2.72 bits per heavy atom. The Kier molecular flexibility index (Phi) is 6.89. The van der Waals surface area contributed by atoms with Gasteiger partial charge in [0.1, 0.15) is 5.82 Å². The molecule has 0 saturated heterocycles. The molecule has 1 aromatic heterocycles. The van der Waals surface area contributed by atoms with Crippen molar-refractivity contribution >= 4 is 23.8 Å². The van der Waals surface area contributed by atoms with Crippen LogP contribution in [0.25, 0.3) is 6.08 Å². The van der Waals surface area contributed by atoms with Crippen molar-refractivity contribution in [3.63, 3.8) is 0 Å². The molecule has 1 N–H and O–H groups in total. The first kappa shape index (κ1) is 20.4. The average molecular weight is 399 g/mol. The Morgan fingerprint density at radius 2 is 2.00 bits per heavy atom. The molecule has 29 heavy (non-hydrogen) atoms. The molecule has 1 aliphatic carbocycles. The number of hydrogen-bond acceptors (Lipinski definition) is 6. The highest BCUT2D eigenvalue weighted by Crippen LogP contribution is 2.32. The van der Waals surface area contributed by atoms with Gasteiger partial charge in [-0.05, 0) is 25.0 Å². The van der Waals surface area contributed by atoms with Crippen LogP contribution in [0.3, 0.4) is 0 Å². The summed E-state index contributed by atoms with van der Waals surface area (Å²) in [6, 6.07) is 7.38. The zero-order chi connectivity index (χ0) is 20.6. The van der Waals surface area contributed by atoms with Crippen molar-refractivity contribution in [1.29, 1.82) is 0 Å². The minimum Gasteiger partial charge on any atom is -0.493 e. The molecule has 0 aliphatic heterocycles. The monoisotopic (exact) mass is 399 g/mol. The summed E-state index contributed by atoms with van der Waals surface area (Å²) in [5.74, 6) is 0.646. The highest BCUT2D eigenvalue weighted by atomic mass is 16.5. The summed E-state index contributed by atoms with van der Waals surface area (Å²) in [4.78, 5) is 24.1. The number of hydrogen-bond donors (Lipinski definition) is 1. The minimum atomic E-state index is -0.630. The predicted octanol–water partition coefficient (Wildman–Crippen LogP) is 3.21. The molecule has 0 atom stereocenters. The number of carbonyl (C=O) groups excluding carboxylic acids is 2. The lowest BCUT2D eigenvalue weighted by molar-refractivity contribution is -0.142. The van der Waals surface area contributed by atoms with E-state index in [-0.39, 0.29) is 6.61 Å². The number of methoxy groups -OCH3 is 2. The van der Waals surface area contributed by atoms with E-state index in [4.69, 9.17) is 14.2 Å². The highest BCUT2D eigenvalue weighted by Gasteiger charge is 2.20. The van der Waals surface area contributed by atoms with E-state index in [1.165, 1.54) is 33.1 Å². The van der Waals surface area contributed by atoms with Crippen molar-refractivity contribution in [1.82, 2.24) is 9.78 Å². The lowest BCUT2D eigenvalue weighted by Gasteiger charge is -2.14. The fourth-order valence-electron chi connectivity index (χ4n) is 3.42. The molecular weight excluding hydrogens is 374 g/mol. The maximum Gasteiger partial charge on any atom is 0.331 e. The van der Waals surface area contributed by atoms with Gasteiger partial charge in [-0.3, -0.25) is 4.79 Å². The second-order valence-corrected chi connectivity index (χ2v) is 6.67. The fraction of sp³-hybridized carbons (Fsp3) is 0.381. The maximum atomic E-state index is 12.2. The average Bonchev–Trinajstić information content (AvgIpc) is 3.41. The quantitative estimate of drug-likeness (QED) is 0.541. The molecule has 1 heterocycles. The van der Waals surface area contributed by atoms with Crippen molar-refractivity contribution in [3.8, 4) is 11.5 Å². The minimum absolute atomic E-state index is 0.309. The lowest BCUT2D eigenvalue weighted by atomic mass is 10.1. The Hall–Kier alpha value is -3.29. The second kappa shape index (κ2) is 9.77. The first-order valence-corrected chi connectivity index (χ1v) is 9.51. The van der Waals surface area contributed by atoms with Crippen LogP contribution >= 0.6 is 0 Å². The van der Waals surface area contributed by atoms with Gasteiger partial charge in [-0.25, -0.2) is 9.48 Å². The van der Waals surface area contributed by atoms with Gasteiger partial charge in [-0.15, -0.1) is 0 Å². The van der Waals surface area contributed by atoms with Crippen LogP contribution in [0.4, 0.5) is 5.82 Å². The number of benzene rings is 1. The summed E-state index contributed by atoms with van der Waals surface area (Å²) in [6.45, 7) is -0.381. The number of anilines is 1. The largest absolute Gasteiger partial charge is 0.493 e. The van der Waals surface area contributed by atoms with Crippen LogP contribution < -0.4 is 14.8 Å². The van der Waals surface area contributed by atoms with Crippen molar-refractivity contribution < 1.29 is 23.8 Å². The van der Waals surface area contributed by atoms with Gasteiger partial charge in [-0.2, -0.15) is 5.10 Å². The first-order valence-electron chi connectivity index (χ1n) is 9.51. The van der Waals surface area contributed by atoms with Gasteiger partial charge in [0.25, 0.3) is 5.91 Å². The molecular formula is C21H25N3O5. The molecule has 1 fully saturated rings. The number of amides is 1. The number of nitrogens with one attached hydrogen (secondary N) is 1. The lowest BCUT2D eigenvalue weighted by Crippen LogP contribution is -2.22. The van der Waals surface area contributed by atoms with E-state index in [1.54, 1.807) is 36.5 Å². The number of para-hydroxylation sites is 1. The SMILES string of the molecule is COc1cccc(/C=C/C(=O)OCC(=O)Nc2ccnn2C2CCCC2)c1OC. The molecule has 0 bridgehead atoms. The van der Waals surface area contributed by atoms with Crippen LogP contribution in [0.2, 0.25) is 0 Å². The molecule has 8 nitrogen and oxygen atoms in total. The third-order valence-electron chi connectivity index (χ3n) is 4.79. The van der Waals surface area contributed by atoms with Gasteiger partial charge in [0.15, 0.2) is 18.1 Å². The summed E-state index contributed by atoms with van der Waals surface area (Å²) in [6.07, 6.45) is 8.89. The zero-order valence-corrected chi connectivity index (χ0v) is 16.6. The maximum absolute atomic E-state index is 12.2. The Bertz CT molecular complexity index is 884. The molecule has 0 unspecified atom stereocenters. The third-order valence-corrected chi connectivity index (χ3v) is 4.79. The van der Waals surface area contributed by atoms with Gasteiger partial charge < -0.3 is 19.5 Å². The van der Waals surface area contributed by atoms with Gasteiger partial charge in [0, 0.05) is 17.7 Å². The van der Waals surface area contributed by atoms with E-state index < -0.39 is 11.9 Å². The molecule has 3 rings (SSSR count). The molecule has 1 saturated carbocycles. The molecule has 154 valence electrons. The molecule has 1 aromatic carbocycles. The number of carbonyl (C=O) groups is 2. The standard InChI is InChI=1S/C21H25N3O5/c1-27-17-9-5-6-15(21(17)28-2)10-11-20(26)29-14-19(25)23-18-12-13-22-24(18)16-7-3-4-8-16/h5-6,9-13,16H,3-4,7-8,14H2,1-2H3,(H,23,25)/b11-10+. The van der Waals surface area contributed by atoms with Crippen LogP contribution in [0, 0.1) is 0 Å². The fourth-order valence-corrected chi connectivity index (χ4v) is 3.42. The van der Waals surface area contributed by atoms with Crippen LogP contribution in [0.15, 0.2) is 36.5 Å². The smallest absolute Gasteiger partial charge is 0.331 e. The second-order valence-electron chi connectivity index (χ2n) is 6.67. The summed E-state index contributed by atoms with van der Waals surface area (Å²) >= 11 is 0. The van der Waals surface area contributed by atoms with E-state index >= 15 is 0 Å². The Labute approximate surface area is 169 Å². The topological polar surface area (TPSA) is 91.7 Å². The highest BCUT2D eigenvalue weighted by molar-refractivity contribution is 5.94. The molecule has 1 amide bonds. The molecule has 1 aliphatic rings. The van der Waals surface area contributed by atoms with Gasteiger partial charge in [0.05, 0.1) is 26.5 Å². The first-order chi connectivity index (χ1) is 14.1. The summed E-state index contributed by atoms with van der Waals surface area (Å²) in [5.41, 5.74) is 0.661. The van der Waals surface area contributed by atoms with E-state index in [2.05, 4.69) is 10.4 Å². The Morgan fingerprint density at radius 1 is 1.21 bits per heavy atom. The normalized spacial score (nSPS) is 14.1. The number of ether oxygens (including phenoxy) is 3. The van der Waals surface area contributed by atoms with Gasteiger partial charge in [0.2, 0.25) is 0 Å². The van der Waals surface area contributed by atoms with Crippen LogP contribution in [-0.2, 0) is 14.3 Å². The molecule has 0 spiro atoms. The van der Waals surface area contributed by atoms with Crippen LogP contribution in [-0.4, -0.2) is 42.5 Å². The van der Waals surface area contributed by atoms with Crippen molar-refractivity contribution in [2.45, 2.75) is 31.7 Å². The summed E-state index contributed by atoms with van der Waals surface area (Å²) < 4.78 is 17.4.